The molecule has 2 aromatic rings. The molecule has 1 aromatic carbocycles. The molecule has 1 aromatic heterocycles. The van der Waals surface area contributed by atoms with Crippen LogP contribution in [0.2, 0.25) is 0 Å². The minimum atomic E-state index is -0.722. The number of benzene rings is 1. The van der Waals surface area contributed by atoms with Crippen LogP contribution in [0.1, 0.15) is 22.0 Å². The molecule has 1 aliphatic heterocycles. The lowest BCUT2D eigenvalue weighted by Crippen LogP contribution is -2.31. The Morgan fingerprint density at radius 3 is 2.50 bits per heavy atom. The Morgan fingerprint density at radius 2 is 1.92 bits per heavy atom. The van der Waals surface area contributed by atoms with Gasteiger partial charge in [0.25, 0.3) is 11.7 Å². The summed E-state index contributed by atoms with van der Waals surface area (Å²) in [5.41, 5.74) is 1.59. The van der Waals surface area contributed by atoms with Crippen molar-refractivity contribution in [1.82, 2.24) is 4.90 Å². The predicted molar refractivity (Wildman–Crippen MR) is 91.6 cm³/mol. The van der Waals surface area contributed by atoms with Crippen LogP contribution < -0.4 is 0 Å². The Balaban J connectivity index is 2.15. The number of carbonyl (C=O) groups excluding carboxylic acids is 2. The van der Waals surface area contributed by atoms with E-state index in [0.29, 0.717) is 5.56 Å². The molecule has 0 saturated carbocycles. The molecule has 1 amide bonds. The van der Waals surface area contributed by atoms with E-state index in [1.165, 1.54) is 16.2 Å². The van der Waals surface area contributed by atoms with Gasteiger partial charge in [-0.2, -0.15) is 0 Å². The molecule has 24 heavy (non-hydrogen) atoms. The van der Waals surface area contributed by atoms with Crippen LogP contribution in [0.25, 0.3) is 5.76 Å². The quantitative estimate of drug-likeness (QED) is 0.508. The van der Waals surface area contributed by atoms with Crippen LogP contribution in [-0.4, -0.2) is 40.0 Å². The van der Waals surface area contributed by atoms with Gasteiger partial charge in [0.15, 0.2) is 0 Å². The number of aliphatic hydroxyl groups is 2. The highest BCUT2D eigenvalue weighted by atomic mass is 32.1. The third kappa shape index (κ3) is 2.74. The molecule has 5 nitrogen and oxygen atoms in total. The van der Waals surface area contributed by atoms with Crippen LogP contribution in [0.5, 0.6) is 0 Å². The number of aryl methyl sites for hydroxylation is 1. The lowest BCUT2D eigenvalue weighted by atomic mass is 9.99. The minimum absolute atomic E-state index is 0.0395. The highest BCUT2D eigenvalue weighted by molar-refractivity contribution is 7.10. The fourth-order valence-corrected chi connectivity index (χ4v) is 3.67. The second kappa shape index (κ2) is 6.59. The molecular formula is C18H17NO4S. The zero-order valence-electron chi connectivity index (χ0n) is 13.1. The molecule has 124 valence electrons. The molecule has 1 fully saturated rings. The van der Waals surface area contributed by atoms with Crippen LogP contribution in [0, 0.1) is 6.92 Å². The minimum Gasteiger partial charge on any atom is -0.507 e. The molecule has 1 atom stereocenters. The maximum Gasteiger partial charge on any atom is 0.295 e. The third-order valence-electron chi connectivity index (χ3n) is 4.02. The van der Waals surface area contributed by atoms with E-state index in [2.05, 4.69) is 0 Å². The van der Waals surface area contributed by atoms with Crippen molar-refractivity contribution in [2.75, 3.05) is 13.2 Å². The summed E-state index contributed by atoms with van der Waals surface area (Å²) in [7, 11) is 0. The summed E-state index contributed by atoms with van der Waals surface area (Å²) in [5.74, 6) is -1.61. The second-order valence-electron chi connectivity index (χ2n) is 5.60. The summed E-state index contributed by atoms with van der Waals surface area (Å²) in [6.45, 7) is 1.72. The zero-order chi connectivity index (χ0) is 17.3. The molecule has 0 aliphatic carbocycles. The number of β-amino-alcohol motifs (C(OH)–C–C–N with tert-alkyl or cyclic N) is 1. The first kappa shape index (κ1) is 16.4. The number of ketones is 1. The van der Waals surface area contributed by atoms with E-state index in [4.69, 9.17) is 0 Å². The maximum atomic E-state index is 12.5. The van der Waals surface area contributed by atoms with Crippen molar-refractivity contribution >= 4 is 28.8 Å². The van der Waals surface area contributed by atoms with Crippen LogP contribution >= 0.6 is 11.3 Å². The summed E-state index contributed by atoms with van der Waals surface area (Å²) < 4.78 is 0. The first-order valence-corrected chi connectivity index (χ1v) is 8.42. The highest BCUT2D eigenvalue weighted by Gasteiger charge is 2.46. The van der Waals surface area contributed by atoms with Gasteiger partial charge in [-0.05, 0) is 18.4 Å². The average molecular weight is 343 g/mol. The lowest BCUT2D eigenvalue weighted by Gasteiger charge is -2.23. The topological polar surface area (TPSA) is 77.8 Å². The van der Waals surface area contributed by atoms with E-state index < -0.39 is 17.7 Å². The van der Waals surface area contributed by atoms with Gasteiger partial charge < -0.3 is 15.1 Å². The Labute approximate surface area is 143 Å². The summed E-state index contributed by atoms with van der Waals surface area (Å²) in [5, 5.41) is 21.8. The van der Waals surface area contributed by atoms with Gasteiger partial charge in [0.05, 0.1) is 18.2 Å². The number of carbonyl (C=O) groups is 2. The fourth-order valence-electron chi connectivity index (χ4n) is 2.83. The molecule has 1 aliphatic rings. The summed E-state index contributed by atoms with van der Waals surface area (Å²) in [6.07, 6.45) is 0. The average Bonchev–Trinajstić information content (AvgIpc) is 3.18. The number of thiophene rings is 1. The van der Waals surface area contributed by atoms with Gasteiger partial charge in [-0.15, -0.1) is 11.3 Å². The van der Waals surface area contributed by atoms with E-state index >= 15 is 0 Å². The van der Waals surface area contributed by atoms with Crippen molar-refractivity contribution < 1.29 is 19.8 Å². The van der Waals surface area contributed by atoms with E-state index in [1.54, 1.807) is 12.1 Å². The van der Waals surface area contributed by atoms with Crippen molar-refractivity contribution in [2.45, 2.75) is 13.0 Å². The molecular weight excluding hydrogens is 326 g/mol. The molecule has 3 rings (SSSR count). The molecule has 2 heterocycles. The summed E-state index contributed by atoms with van der Waals surface area (Å²) in [4.78, 5) is 26.9. The third-order valence-corrected chi connectivity index (χ3v) is 4.94. The molecule has 1 saturated heterocycles. The summed E-state index contributed by atoms with van der Waals surface area (Å²) >= 11 is 1.40. The number of hydrogen-bond acceptors (Lipinski definition) is 5. The number of nitrogens with zero attached hydrogens (tertiary/aromatic N) is 1. The van der Waals surface area contributed by atoms with Crippen LogP contribution in [0.4, 0.5) is 0 Å². The Hall–Kier alpha value is -2.44. The van der Waals surface area contributed by atoms with Crippen molar-refractivity contribution in [3.8, 4) is 0 Å². The smallest absolute Gasteiger partial charge is 0.295 e. The molecule has 2 N–H and O–H groups in total. The number of hydrogen-bond donors (Lipinski definition) is 2. The standard InChI is InChI=1S/C18H17NO4S/c1-11-4-6-12(7-5-11)16(21)14-15(13-3-2-10-24-13)19(8-9-20)18(23)17(14)22/h2-7,10,15,20-21H,8-9H2,1H3/b16-14-. The van der Waals surface area contributed by atoms with Crippen molar-refractivity contribution in [3.63, 3.8) is 0 Å². The Bertz CT molecular complexity index is 793. The van der Waals surface area contributed by atoms with Gasteiger partial charge in [-0.1, -0.05) is 35.9 Å². The normalized spacial score (nSPS) is 19.9. The fraction of sp³-hybridized carbons (Fsp3) is 0.222. The van der Waals surface area contributed by atoms with Gasteiger partial charge in [-0.25, -0.2) is 0 Å². The maximum absolute atomic E-state index is 12.5. The second-order valence-corrected chi connectivity index (χ2v) is 6.58. The van der Waals surface area contributed by atoms with Crippen LogP contribution in [0.3, 0.4) is 0 Å². The van der Waals surface area contributed by atoms with E-state index in [-0.39, 0.29) is 24.5 Å². The van der Waals surface area contributed by atoms with Crippen LogP contribution in [-0.2, 0) is 9.59 Å². The highest BCUT2D eigenvalue weighted by Crippen LogP contribution is 2.40. The molecule has 6 heteroatoms. The first-order valence-electron chi connectivity index (χ1n) is 7.54. The number of rotatable bonds is 4. The molecule has 1 unspecified atom stereocenters. The Morgan fingerprint density at radius 1 is 1.21 bits per heavy atom. The van der Waals surface area contributed by atoms with Gasteiger partial charge in [0.2, 0.25) is 0 Å². The van der Waals surface area contributed by atoms with Crippen LogP contribution in [0.15, 0.2) is 47.4 Å². The lowest BCUT2D eigenvalue weighted by molar-refractivity contribution is -0.140. The number of likely N-dealkylation sites (tertiary alicyclic amines) is 1. The first-order chi connectivity index (χ1) is 11.5. The SMILES string of the molecule is Cc1ccc(/C(O)=C2/C(=O)C(=O)N(CCO)C2c2cccs2)cc1. The van der Waals surface area contributed by atoms with Crippen molar-refractivity contribution in [1.29, 1.82) is 0 Å². The Kier molecular flexibility index (Phi) is 4.51. The largest absolute Gasteiger partial charge is 0.507 e. The van der Waals surface area contributed by atoms with Gasteiger partial charge >= 0.3 is 0 Å². The molecule has 0 radical (unpaired) electrons. The van der Waals surface area contributed by atoms with Crippen molar-refractivity contribution in [3.05, 3.63) is 63.4 Å². The van der Waals surface area contributed by atoms with Crippen molar-refractivity contribution in [2.24, 2.45) is 0 Å². The van der Waals surface area contributed by atoms with E-state index in [1.807, 2.05) is 36.6 Å². The van der Waals surface area contributed by atoms with Gasteiger partial charge in [0, 0.05) is 17.0 Å². The predicted octanol–water partition coefficient (Wildman–Crippen LogP) is 2.47. The summed E-state index contributed by atoms with van der Waals surface area (Å²) in [6, 6.07) is 10.1. The number of amides is 1. The van der Waals surface area contributed by atoms with E-state index in [9.17, 15) is 19.8 Å². The molecule has 0 bridgehead atoms. The van der Waals surface area contributed by atoms with Gasteiger partial charge in [-0.3, -0.25) is 9.59 Å². The number of Topliss-reactive ketones (excluding diaryl/α,β-unsaturated/α-hetero) is 1. The van der Waals surface area contributed by atoms with Gasteiger partial charge in [0.1, 0.15) is 5.76 Å². The van der Waals surface area contributed by atoms with E-state index in [0.717, 1.165) is 10.4 Å². The number of aliphatic hydroxyl groups excluding tert-OH is 2. The monoisotopic (exact) mass is 343 g/mol. The zero-order valence-corrected chi connectivity index (χ0v) is 13.9. The molecule has 0 spiro atoms.